The molecule has 122 valence electrons. The Labute approximate surface area is 139 Å². The van der Waals surface area contributed by atoms with Crippen molar-refractivity contribution in [2.45, 2.75) is 45.4 Å². The summed E-state index contributed by atoms with van der Waals surface area (Å²) >= 11 is 0. The van der Waals surface area contributed by atoms with E-state index in [0.29, 0.717) is 5.92 Å². The average molecular weight is 310 g/mol. The van der Waals surface area contributed by atoms with Gasteiger partial charge in [0.15, 0.2) is 0 Å². The lowest BCUT2D eigenvalue weighted by molar-refractivity contribution is 0.310. The first kappa shape index (κ1) is 15.9. The van der Waals surface area contributed by atoms with Crippen LogP contribution in [0.1, 0.15) is 49.4 Å². The highest BCUT2D eigenvalue weighted by molar-refractivity contribution is 5.47. The number of nitrogens with zero attached hydrogens (tertiary/aromatic N) is 1. The SMILES string of the molecule is CC(C)c1ccc(OCCCc2ccc3c(n2)NCCC3)cc1. The number of hydrogen-bond acceptors (Lipinski definition) is 3. The number of fused-ring (bicyclic) bond motifs is 1. The number of ether oxygens (including phenoxy) is 1. The number of benzene rings is 1. The third-order valence-electron chi connectivity index (χ3n) is 4.34. The fourth-order valence-corrected chi connectivity index (χ4v) is 2.90. The van der Waals surface area contributed by atoms with E-state index in [1.54, 1.807) is 0 Å². The molecule has 1 aliphatic rings. The Morgan fingerprint density at radius 2 is 1.96 bits per heavy atom. The van der Waals surface area contributed by atoms with Gasteiger partial charge in [0.1, 0.15) is 11.6 Å². The minimum Gasteiger partial charge on any atom is -0.494 e. The lowest BCUT2D eigenvalue weighted by Gasteiger charge is -2.17. The van der Waals surface area contributed by atoms with E-state index < -0.39 is 0 Å². The van der Waals surface area contributed by atoms with Gasteiger partial charge < -0.3 is 10.1 Å². The Bertz CT molecular complexity index is 635. The maximum atomic E-state index is 5.83. The summed E-state index contributed by atoms with van der Waals surface area (Å²) in [5.41, 5.74) is 3.85. The van der Waals surface area contributed by atoms with E-state index in [0.717, 1.165) is 49.7 Å². The number of pyridine rings is 1. The quantitative estimate of drug-likeness (QED) is 0.793. The van der Waals surface area contributed by atoms with E-state index in [2.05, 4.69) is 55.6 Å². The second-order valence-corrected chi connectivity index (χ2v) is 6.52. The van der Waals surface area contributed by atoms with Gasteiger partial charge in [-0.25, -0.2) is 4.98 Å². The predicted octanol–water partition coefficient (Wildman–Crippen LogP) is 4.57. The van der Waals surface area contributed by atoms with Gasteiger partial charge in [0, 0.05) is 12.2 Å². The largest absolute Gasteiger partial charge is 0.494 e. The zero-order chi connectivity index (χ0) is 16.1. The summed E-state index contributed by atoms with van der Waals surface area (Å²) in [5.74, 6) is 2.60. The molecule has 3 rings (SSSR count). The second-order valence-electron chi connectivity index (χ2n) is 6.52. The molecule has 0 unspecified atom stereocenters. The summed E-state index contributed by atoms with van der Waals surface area (Å²) in [6, 6.07) is 12.8. The molecule has 0 atom stereocenters. The monoisotopic (exact) mass is 310 g/mol. The van der Waals surface area contributed by atoms with Gasteiger partial charge in [-0.3, -0.25) is 0 Å². The second kappa shape index (κ2) is 7.49. The molecule has 3 heteroatoms. The number of nitrogens with one attached hydrogen (secondary N) is 1. The molecule has 0 amide bonds. The molecular weight excluding hydrogens is 284 g/mol. The fourth-order valence-electron chi connectivity index (χ4n) is 2.90. The van der Waals surface area contributed by atoms with Crippen LogP contribution in [0.5, 0.6) is 5.75 Å². The zero-order valence-electron chi connectivity index (χ0n) is 14.1. The number of hydrogen-bond donors (Lipinski definition) is 1. The normalized spacial score (nSPS) is 13.5. The van der Waals surface area contributed by atoms with Crippen LogP contribution in [0.25, 0.3) is 0 Å². The van der Waals surface area contributed by atoms with Gasteiger partial charge in [0.05, 0.1) is 6.61 Å². The third-order valence-corrected chi connectivity index (χ3v) is 4.34. The fraction of sp³-hybridized carbons (Fsp3) is 0.450. The van der Waals surface area contributed by atoms with Crippen molar-refractivity contribution < 1.29 is 4.74 Å². The minimum absolute atomic E-state index is 0.563. The van der Waals surface area contributed by atoms with Crippen LogP contribution in [0.15, 0.2) is 36.4 Å². The first-order chi connectivity index (χ1) is 11.2. The van der Waals surface area contributed by atoms with E-state index in [9.17, 15) is 0 Å². The van der Waals surface area contributed by atoms with Crippen LogP contribution in [0, 0.1) is 0 Å². The molecule has 1 aliphatic heterocycles. The summed E-state index contributed by atoms with van der Waals surface area (Å²) < 4.78 is 5.83. The van der Waals surface area contributed by atoms with Gasteiger partial charge in [0.2, 0.25) is 0 Å². The Morgan fingerprint density at radius 1 is 1.13 bits per heavy atom. The van der Waals surface area contributed by atoms with Crippen molar-refractivity contribution in [3.63, 3.8) is 0 Å². The zero-order valence-corrected chi connectivity index (χ0v) is 14.1. The maximum Gasteiger partial charge on any atom is 0.129 e. The molecule has 2 aromatic rings. The minimum atomic E-state index is 0.563. The van der Waals surface area contributed by atoms with Crippen LogP contribution in [-0.2, 0) is 12.8 Å². The van der Waals surface area contributed by atoms with Crippen molar-refractivity contribution in [2.24, 2.45) is 0 Å². The standard InChI is InChI=1S/C20H26N2O/c1-15(2)16-8-11-19(12-9-16)23-14-4-6-18-10-7-17-5-3-13-21-20(17)22-18/h7-12,15H,3-6,13-14H2,1-2H3,(H,21,22). The summed E-state index contributed by atoms with van der Waals surface area (Å²) in [4.78, 5) is 4.72. The van der Waals surface area contributed by atoms with Crippen molar-refractivity contribution in [3.8, 4) is 5.75 Å². The summed E-state index contributed by atoms with van der Waals surface area (Å²) in [7, 11) is 0. The van der Waals surface area contributed by atoms with Gasteiger partial charge in [-0.05, 0) is 60.9 Å². The smallest absolute Gasteiger partial charge is 0.129 e. The molecule has 3 nitrogen and oxygen atoms in total. The van der Waals surface area contributed by atoms with E-state index in [4.69, 9.17) is 9.72 Å². The first-order valence-electron chi connectivity index (χ1n) is 8.68. The molecule has 0 bridgehead atoms. The summed E-state index contributed by atoms with van der Waals surface area (Å²) in [5, 5.41) is 3.39. The lowest BCUT2D eigenvalue weighted by atomic mass is 10.0. The van der Waals surface area contributed by atoms with Crippen molar-refractivity contribution in [1.82, 2.24) is 4.98 Å². The van der Waals surface area contributed by atoms with Crippen LogP contribution in [0.4, 0.5) is 5.82 Å². The van der Waals surface area contributed by atoms with Crippen LogP contribution >= 0.6 is 0 Å². The van der Waals surface area contributed by atoms with Gasteiger partial charge in [-0.15, -0.1) is 0 Å². The summed E-state index contributed by atoms with van der Waals surface area (Å²) in [6.45, 7) is 6.18. The lowest BCUT2D eigenvalue weighted by Crippen LogP contribution is -2.14. The topological polar surface area (TPSA) is 34.1 Å². The van der Waals surface area contributed by atoms with Crippen LogP contribution < -0.4 is 10.1 Å². The Hall–Kier alpha value is -2.03. The molecule has 0 saturated carbocycles. The molecule has 1 aromatic heterocycles. The van der Waals surface area contributed by atoms with Gasteiger partial charge >= 0.3 is 0 Å². The molecule has 2 heterocycles. The highest BCUT2D eigenvalue weighted by atomic mass is 16.5. The van der Waals surface area contributed by atoms with Crippen LogP contribution in [0.3, 0.4) is 0 Å². The van der Waals surface area contributed by atoms with Crippen molar-refractivity contribution in [1.29, 1.82) is 0 Å². The molecule has 1 N–H and O–H groups in total. The van der Waals surface area contributed by atoms with Crippen molar-refractivity contribution in [2.75, 3.05) is 18.5 Å². The Kier molecular flexibility index (Phi) is 5.16. The number of aryl methyl sites for hydroxylation is 2. The van der Waals surface area contributed by atoms with E-state index in [-0.39, 0.29) is 0 Å². The van der Waals surface area contributed by atoms with Gasteiger partial charge in [-0.2, -0.15) is 0 Å². The molecule has 0 radical (unpaired) electrons. The van der Waals surface area contributed by atoms with Crippen molar-refractivity contribution >= 4 is 5.82 Å². The molecule has 1 aromatic carbocycles. The number of anilines is 1. The van der Waals surface area contributed by atoms with E-state index >= 15 is 0 Å². The molecule has 0 saturated heterocycles. The third kappa shape index (κ3) is 4.25. The highest BCUT2D eigenvalue weighted by Crippen LogP contribution is 2.21. The molecule has 23 heavy (non-hydrogen) atoms. The first-order valence-corrected chi connectivity index (χ1v) is 8.68. The van der Waals surface area contributed by atoms with Crippen LogP contribution in [0.2, 0.25) is 0 Å². The molecule has 0 fully saturated rings. The van der Waals surface area contributed by atoms with Crippen LogP contribution in [-0.4, -0.2) is 18.1 Å². The maximum absolute atomic E-state index is 5.83. The summed E-state index contributed by atoms with van der Waals surface area (Å²) in [6.07, 6.45) is 4.29. The van der Waals surface area contributed by atoms with E-state index in [1.807, 2.05) is 0 Å². The molecule has 0 spiro atoms. The number of aromatic nitrogens is 1. The molecule has 0 aliphatic carbocycles. The predicted molar refractivity (Wildman–Crippen MR) is 95.4 cm³/mol. The molecular formula is C20H26N2O. The highest BCUT2D eigenvalue weighted by Gasteiger charge is 2.10. The Balaban J connectivity index is 1.46. The number of rotatable bonds is 6. The van der Waals surface area contributed by atoms with E-state index in [1.165, 1.54) is 17.5 Å². The Morgan fingerprint density at radius 3 is 2.74 bits per heavy atom. The van der Waals surface area contributed by atoms with Crippen molar-refractivity contribution in [3.05, 3.63) is 53.2 Å². The van der Waals surface area contributed by atoms with Gasteiger partial charge in [0.25, 0.3) is 0 Å². The van der Waals surface area contributed by atoms with Gasteiger partial charge in [-0.1, -0.05) is 32.0 Å². The average Bonchev–Trinajstić information content (AvgIpc) is 2.59.